The molecule has 0 saturated heterocycles. The molecule has 0 N–H and O–H groups in total. The summed E-state index contributed by atoms with van der Waals surface area (Å²) in [7, 11) is 0. The van der Waals surface area contributed by atoms with Crippen LogP contribution >= 0.6 is 0 Å². The number of rotatable bonds is 5. The maximum absolute atomic E-state index is 13.5. The highest BCUT2D eigenvalue weighted by Crippen LogP contribution is 2.36. The standard InChI is InChI=1S/C23H15FN6O/c24-17-6-4-15(5-7-17)21-19(13-30(29-21)10-2-8-25)22-18-11-20(16-3-1-9-26-12-16)31-23(18)28-14-27-22/h1,3-7,9,11-14H,2,10H2. The minimum Gasteiger partial charge on any atom is -0.438 e. The van der Waals surface area contributed by atoms with Crippen molar-refractivity contribution in [1.82, 2.24) is 24.7 Å². The minimum atomic E-state index is -0.324. The molecule has 0 aliphatic heterocycles. The Balaban J connectivity index is 1.68. The van der Waals surface area contributed by atoms with Crippen LogP contribution in [0.2, 0.25) is 0 Å². The molecule has 8 heteroatoms. The Morgan fingerprint density at radius 1 is 1.06 bits per heavy atom. The summed E-state index contributed by atoms with van der Waals surface area (Å²) >= 11 is 0. The second-order valence-corrected chi connectivity index (χ2v) is 6.86. The average Bonchev–Trinajstić information content (AvgIpc) is 3.43. The SMILES string of the molecule is N#CCCn1cc(-c2ncnc3oc(-c4cccnc4)cc23)c(-c2ccc(F)cc2)n1. The fourth-order valence-electron chi connectivity index (χ4n) is 3.42. The number of fused-ring (bicyclic) bond motifs is 1. The molecule has 0 fully saturated rings. The van der Waals surface area contributed by atoms with Gasteiger partial charge in [0.2, 0.25) is 5.71 Å². The van der Waals surface area contributed by atoms with Gasteiger partial charge in [0, 0.05) is 35.3 Å². The van der Waals surface area contributed by atoms with E-state index >= 15 is 0 Å². The maximum Gasteiger partial charge on any atom is 0.230 e. The molecular formula is C23H15FN6O. The van der Waals surface area contributed by atoms with Gasteiger partial charge >= 0.3 is 0 Å². The lowest BCUT2D eigenvalue weighted by molar-refractivity contribution is 0.617. The zero-order valence-electron chi connectivity index (χ0n) is 16.2. The number of nitrogens with zero attached hydrogens (tertiary/aromatic N) is 6. The first kappa shape index (κ1) is 18.6. The second-order valence-electron chi connectivity index (χ2n) is 6.86. The van der Waals surface area contributed by atoms with Crippen LogP contribution in [0.5, 0.6) is 0 Å². The maximum atomic E-state index is 13.5. The van der Waals surface area contributed by atoms with E-state index in [4.69, 9.17) is 9.68 Å². The molecule has 0 aliphatic rings. The topological polar surface area (TPSA) is 93.4 Å². The van der Waals surface area contributed by atoms with Crippen molar-refractivity contribution in [2.24, 2.45) is 0 Å². The molecule has 4 aromatic heterocycles. The molecule has 31 heavy (non-hydrogen) atoms. The number of halogens is 1. The number of aromatic nitrogens is 5. The van der Waals surface area contributed by atoms with Crippen molar-refractivity contribution in [2.75, 3.05) is 0 Å². The Morgan fingerprint density at radius 2 is 1.94 bits per heavy atom. The monoisotopic (exact) mass is 410 g/mol. The molecule has 0 saturated carbocycles. The Labute approximate surface area is 176 Å². The van der Waals surface area contributed by atoms with Crippen molar-refractivity contribution in [3.63, 3.8) is 0 Å². The van der Waals surface area contributed by atoms with Gasteiger partial charge in [-0.2, -0.15) is 10.4 Å². The summed E-state index contributed by atoms with van der Waals surface area (Å²) in [6.07, 6.45) is 7.01. The van der Waals surface area contributed by atoms with E-state index in [1.165, 1.54) is 18.5 Å². The molecule has 0 radical (unpaired) electrons. The largest absolute Gasteiger partial charge is 0.438 e. The summed E-state index contributed by atoms with van der Waals surface area (Å²) in [5.74, 6) is 0.305. The van der Waals surface area contributed by atoms with E-state index < -0.39 is 0 Å². The molecular weight excluding hydrogens is 395 g/mol. The first-order valence-electron chi connectivity index (χ1n) is 9.58. The van der Waals surface area contributed by atoms with E-state index in [0.29, 0.717) is 35.8 Å². The molecule has 150 valence electrons. The number of nitriles is 1. The van der Waals surface area contributed by atoms with Crippen LogP contribution in [0.15, 0.2) is 71.8 Å². The summed E-state index contributed by atoms with van der Waals surface area (Å²) < 4.78 is 21.1. The Kier molecular flexibility index (Phi) is 4.69. The molecule has 1 aromatic carbocycles. The third kappa shape index (κ3) is 3.53. The lowest BCUT2D eigenvalue weighted by Crippen LogP contribution is -1.97. The predicted molar refractivity (Wildman–Crippen MR) is 112 cm³/mol. The van der Waals surface area contributed by atoms with E-state index in [1.54, 1.807) is 29.2 Å². The fraction of sp³-hybridized carbons (Fsp3) is 0.0870. The first-order chi connectivity index (χ1) is 15.2. The summed E-state index contributed by atoms with van der Waals surface area (Å²) in [6.45, 7) is 0.436. The molecule has 0 aliphatic carbocycles. The van der Waals surface area contributed by atoms with Crippen molar-refractivity contribution in [3.05, 3.63) is 73.2 Å². The third-order valence-electron chi connectivity index (χ3n) is 4.86. The van der Waals surface area contributed by atoms with Crippen molar-refractivity contribution in [3.8, 4) is 39.9 Å². The predicted octanol–water partition coefficient (Wildman–Crippen LogP) is 4.87. The number of aryl methyl sites for hydroxylation is 1. The van der Waals surface area contributed by atoms with Gasteiger partial charge in [0.1, 0.15) is 23.6 Å². The van der Waals surface area contributed by atoms with Crippen LogP contribution in [-0.4, -0.2) is 24.7 Å². The van der Waals surface area contributed by atoms with Gasteiger partial charge in [0.15, 0.2) is 0 Å². The molecule has 0 atom stereocenters. The van der Waals surface area contributed by atoms with Gasteiger partial charge in [-0.1, -0.05) is 0 Å². The molecule has 5 rings (SSSR count). The van der Waals surface area contributed by atoms with Gasteiger partial charge < -0.3 is 4.42 Å². The van der Waals surface area contributed by atoms with Gasteiger partial charge in [-0.15, -0.1) is 0 Å². The van der Waals surface area contributed by atoms with Crippen molar-refractivity contribution in [2.45, 2.75) is 13.0 Å². The zero-order chi connectivity index (χ0) is 21.2. The van der Waals surface area contributed by atoms with Gasteiger partial charge in [-0.3, -0.25) is 9.67 Å². The van der Waals surface area contributed by atoms with E-state index in [1.807, 2.05) is 24.4 Å². The summed E-state index contributed by atoms with van der Waals surface area (Å²) in [5, 5.41) is 14.3. The van der Waals surface area contributed by atoms with Crippen LogP contribution in [0, 0.1) is 17.1 Å². The number of hydrogen-bond donors (Lipinski definition) is 0. The Morgan fingerprint density at radius 3 is 2.71 bits per heavy atom. The van der Waals surface area contributed by atoms with Gasteiger partial charge in [-0.25, -0.2) is 14.4 Å². The highest BCUT2D eigenvalue weighted by atomic mass is 19.1. The smallest absolute Gasteiger partial charge is 0.230 e. The Bertz CT molecular complexity index is 1400. The van der Waals surface area contributed by atoms with E-state index in [2.05, 4.69) is 26.1 Å². The van der Waals surface area contributed by atoms with Crippen LogP contribution in [0.1, 0.15) is 6.42 Å². The van der Waals surface area contributed by atoms with Crippen LogP contribution < -0.4 is 0 Å². The van der Waals surface area contributed by atoms with Gasteiger partial charge in [0.05, 0.1) is 30.1 Å². The molecule has 4 heterocycles. The van der Waals surface area contributed by atoms with Crippen molar-refractivity contribution >= 4 is 11.1 Å². The minimum absolute atomic E-state index is 0.319. The molecule has 0 spiro atoms. The summed E-state index contributed by atoms with van der Waals surface area (Å²) in [5.41, 5.74) is 4.05. The number of benzene rings is 1. The van der Waals surface area contributed by atoms with E-state index in [0.717, 1.165) is 22.1 Å². The van der Waals surface area contributed by atoms with Crippen molar-refractivity contribution in [1.29, 1.82) is 5.26 Å². The highest BCUT2D eigenvalue weighted by molar-refractivity contribution is 5.95. The summed E-state index contributed by atoms with van der Waals surface area (Å²) in [6, 6.07) is 13.9. The number of hydrogen-bond acceptors (Lipinski definition) is 6. The third-order valence-corrected chi connectivity index (χ3v) is 4.86. The van der Waals surface area contributed by atoms with E-state index in [-0.39, 0.29) is 5.82 Å². The average molecular weight is 410 g/mol. The van der Waals surface area contributed by atoms with Crippen LogP contribution in [0.4, 0.5) is 4.39 Å². The molecule has 0 unspecified atom stereocenters. The lowest BCUT2D eigenvalue weighted by atomic mass is 10.0. The molecule has 5 aromatic rings. The first-order valence-corrected chi connectivity index (χ1v) is 9.58. The molecule has 0 bridgehead atoms. The molecule has 0 amide bonds. The number of pyridine rings is 1. The van der Waals surface area contributed by atoms with Crippen LogP contribution in [0.25, 0.3) is 44.9 Å². The van der Waals surface area contributed by atoms with Crippen molar-refractivity contribution < 1.29 is 8.81 Å². The van der Waals surface area contributed by atoms with Gasteiger partial charge in [-0.05, 0) is 42.5 Å². The second kappa shape index (κ2) is 7.80. The van der Waals surface area contributed by atoms with Crippen LogP contribution in [0.3, 0.4) is 0 Å². The normalized spacial score (nSPS) is 11.0. The Hall–Kier alpha value is -4.38. The lowest BCUT2D eigenvalue weighted by Gasteiger charge is -2.03. The zero-order valence-corrected chi connectivity index (χ0v) is 16.2. The van der Waals surface area contributed by atoms with Gasteiger partial charge in [0.25, 0.3) is 0 Å². The highest BCUT2D eigenvalue weighted by Gasteiger charge is 2.19. The molecule has 7 nitrogen and oxygen atoms in total. The van der Waals surface area contributed by atoms with Crippen LogP contribution in [-0.2, 0) is 6.54 Å². The quantitative estimate of drug-likeness (QED) is 0.410. The fourth-order valence-corrected chi connectivity index (χ4v) is 3.42. The summed E-state index contributed by atoms with van der Waals surface area (Å²) in [4.78, 5) is 12.9. The number of furan rings is 1. The van der Waals surface area contributed by atoms with E-state index in [9.17, 15) is 4.39 Å².